The molecule has 2 rings (SSSR count). The quantitative estimate of drug-likeness (QED) is 0.915. The summed E-state index contributed by atoms with van der Waals surface area (Å²) in [7, 11) is -3.40. The summed E-state index contributed by atoms with van der Waals surface area (Å²) in [5.41, 5.74) is 0.825. The van der Waals surface area contributed by atoms with Crippen LogP contribution in [0.25, 0.3) is 0 Å². The minimum Gasteiger partial charge on any atom is -0.396 e. The van der Waals surface area contributed by atoms with Crippen molar-refractivity contribution in [2.24, 2.45) is 0 Å². The van der Waals surface area contributed by atoms with Crippen molar-refractivity contribution in [3.63, 3.8) is 0 Å². The first-order valence-electron chi connectivity index (χ1n) is 5.68. The maximum absolute atomic E-state index is 12.2. The lowest BCUT2D eigenvalue weighted by Crippen LogP contribution is -2.40. The fourth-order valence-corrected chi connectivity index (χ4v) is 3.74. The molecule has 1 aliphatic heterocycles. The Morgan fingerprint density at radius 3 is 2.61 bits per heavy atom. The molecule has 1 aromatic carbocycles. The minimum absolute atomic E-state index is 0.00110. The van der Waals surface area contributed by atoms with Gasteiger partial charge in [-0.2, -0.15) is 0 Å². The molecule has 0 spiro atoms. The molecule has 1 N–H and O–H groups in total. The van der Waals surface area contributed by atoms with Crippen molar-refractivity contribution in [2.75, 3.05) is 19.8 Å². The fourth-order valence-electron chi connectivity index (χ4n) is 1.73. The van der Waals surface area contributed by atoms with Crippen LogP contribution in [0.2, 0.25) is 5.02 Å². The molecule has 100 valence electrons. The number of hydrogen-bond donors (Lipinski definition) is 1. The molecule has 1 aliphatic rings. The third-order valence-corrected chi connectivity index (χ3v) is 5.70. The minimum atomic E-state index is -3.40. The normalized spacial score (nSPS) is 18.4. The molecule has 0 saturated carbocycles. The van der Waals surface area contributed by atoms with Crippen molar-refractivity contribution in [2.45, 2.75) is 23.0 Å². The maximum Gasteiger partial charge on any atom is 0.187 e. The Kier molecular flexibility index (Phi) is 3.96. The largest absolute Gasteiger partial charge is 0.396 e. The van der Waals surface area contributed by atoms with Gasteiger partial charge in [0.15, 0.2) is 9.84 Å². The van der Waals surface area contributed by atoms with E-state index in [0.29, 0.717) is 0 Å². The fraction of sp³-hybridized carbons (Fsp3) is 0.500. The summed E-state index contributed by atoms with van der Waals surface area (Å²) in [4.78, 5) is 0.145. The topological polar surface area (TPSA) is 63.6 Å². The molecule has 0 radical (unpaired) electrons. The van der Waals surface area contributed by atoms with Gasteiger partial charge in [0.1, 0.15) is 5.25 Å². The lowest BCUT2D eigenvalue weighted by Gasteiger charge is -2.26. The molecule has 1 aromatic rings. The predicted molar refractivity (Wildman–Crippen MR) is 68.7 cm³/mol. The Morgan fingerprint density at radius 2 is 2.17 bits per heavy atom. The lowest BCUT2D eigenvalue weighted by atomic mass is 10.0. The van der Waals surface area contributed by atoms with E-state index in [1.54, 1.807) is 12.1 Å². The molecular weight excluding hydrogens is 276 g/mol. The van der Waals surface area contributed by atoms with Crippen molar-refractivity contribution < 1.29 is 18.3 Å². The average Bonchev–Trinajstić information content (AvgIpc) is 2.24. The van der Waals surface area contributed by atoms with Crippen LogP contribution in [0.1, 0.15) is 18.4 Å². The molecule has 0 aliphatic carbocycles. The number of aliphatic hydroxyl groups is 1. The molecular formula is C12H15ClO4S. The molecule has 1 saturated heterocycles. The van der Waals surface area contributed by atoms with Crippen LogP contribution in [-0.2, 0) is 14.6 Å². The number of aliphatic hydroxyl groups excluding tert-OH is 1. The van der Waals surface area contributed by atoms with Gasteiger partial charge in [-0.25, -0.2) is 8.42 Å². The number of hydrogen-bond acceptors (Lipinski definition) is 4. The van der Waals surface area contributed by atoms with Crippen molar-refractivity contribution in [1.29, 1.82) is 0 Å². The van der Waals surface area contributed by atoms with Crippen LogP contribution in [0, 0.1) is 0 Å². The summed E-state index contributed by atoms with van der Waals surface area (Å²) in [6, 6.07) is 4.81. The summed E-state index contributed by atoms with van der Waals surface area (Å²) >= 11 is 6.04. The van der Waals surface area contributed by atoms with Gasteiger partial charge in [0.2, 0.25) is 0 Å². The second-order valence-electron chi connectivity index (χ2n) is 4.48. The second kappa shape index (κ2) is 5.17. The molecule has 0 bridgehead atoms. The molecule has 1 fully saturated rings. The Balaban J connectivity index is 2.35. The van der Waals surface area contributed by atoms with Gasteiger partial charge in [0.05, 0.1) is 23.1 Å². The van der Waals surface area contributed by atoms with Gasteiger partial charge >= 0.3 is 0 Å². The van der Waals surface area contributed by atoms with Gasteiger partial charge in [-0.05, 0) is 17.7 Å². The Bertz CT molecular complexity index is 537. The zero-order valence-corrected chi connectivity index (χ0v) is 11.5. The molecule has 1 unspecified atom stereocenters. The van der Waals surface area contributed by atoms with E-state index < -0.39 is 15.1 Å². The van der Waals surface area contributed by atoms with E-state index >= 15 is 0 Å². The molecule has 1 heterocycles. The number of rotatable bonds is 4. The highest BCUT2D eigenvalue weighted by molar-refractivity contribution is 7.92. The van der Waals surface area contributed by atoms with E-state index in [0.717, 1.165) is 5.56 Å². The molecule has 18 heavy (non-hydrogen) atoms. The highest BCUT2D eigenvalue weighted by atomic mass is 35.5. The van der Waals surface area contributed by atoms with Gasteiger partial charge in [-0.1, -0.05) is 24.6 Å². The highest BCUT2D eigenvalue weighted by Crippen LogP contribution is 2.30. The van der Waals surface area contributed by atoms with Crippen LogP contribution >= 0.6 is 11.6 Å². The van der Waals surface area contributed by atoms with Crippen LogP contribution in [0.5, 0.6) is 0 Å². The Labute approximate surface area is 111 Å². The second-order valence-corrected chi connectivity index (χ2v) is 7.08. The van der Waals surface area contributed by atoms with Gasteiger partial charge in [-0.3, -0.25) is 0 Å². The number of halogens is 1. The van der Waals surface area contributed by atoms with Crippen molar-refractivity contribution >= 4 is 21.4 Å². The molecule has 4 nitrogen and oxygen atoms in total. The molecule has 6 heteroatoms. The van der Waals surface area contributed by atoms with Crippen LogP contribution in [0.3, 0.4) is 0 Å². The van der Waals surface area contributed by atoms with E-state index in [9.17, 15) is 8.42 Å². The van der Waals surface area contributed by atoms with Crippen LogP contribution < -0.4 is 0 Å². The Morgan fingerprint density at radius 1 is 1.50 bits per heavy atom. The molecule has 0 aromatic heterocycles. The SMILES string of the molecule is CC(CO)c1ccc(S(=O)(=O)C2COC2)c(Cl)c1. The van der Waals surface area contributed by atoms with Crippen molar-refractivity contribution in [3.05, 3.63) is 28.8 Å². The molecule has 1 atom stereocenters. The van der Waals surface area contributed by atoms with E-state index in [2.05, 4.69) is 0 Å². The van der Waals surface area contributed by atoms with E-state index in [1.165, 1.54) is 6.07 Å². The highest BCUT2D eigenvalue weighted by Gasteiger charge is 2.35. The lowest BCUT2D eigenvalue weighted by molar-refractivity contribution is 0.0416. The van der Waals surface area contributed by atoms with Crippen molar-refractivity contribution in [1.82, 2.24) is 0 Å². The van der Waals surface area contributed by atoms with E-state index in [1.807, 2.05) is 6.92 Å². The zero-order chi connectivity index (χ0) is 13.3. The van der Waals surface area contributed by atoms with Crippen LogP contribution in [0.15, 0.2) is 23.1 Å². The first-order valence-corrected chi connectivity index (χ1v) is 7.61. The summed E-state index contributed by atoms with van der Waals surface area (Å²) < 4.78 is 29.3. The standard InChI is InChI=1S/C12H15ClO4S/c1-8(5-14)9-2-3-12(11(13)4-9)18(15,16)10-6-17-7-10/h2-4,8,10,14H,5-7H2,1H3. The zero-order valence-electron chi connectivity index (χ0n) is 9.97. The summed E-state index contributed by atoms with van der Waals surface area (Å²) in [6.07, 6.45) is 0. The van der Waals surface area contributed by atoms with Crippen LogP contribution in [-0.4, -0.2) is 38.6 Å². The molecule has 0 amide bonds. The average molecular weight is 291 g/mol. The van der Waals surface area contributed by atoms with E-state index in [-0.39, 0.29) is 35.7 Å². The van der Waals surface area contributed by atoms with Gasteiger partial charge < -0.3 is 9.84 Å². The third kappa shape index (κ3) is 2.40. The number of benzene rings is 1. The monoisotopic (exact) mass is 290 g/mol. The Hall–Kier alpha value is -0.620. The van der Waals surface area contributed by atoms with Gasteiger partial charge in [0.25, 0.3) is 0 Å². The third-order valence-electron chi connectivity index (χ3n) is 3.15. The smallest absolute Gasteiger partial charge is 0.187 e. The number of sulfone groups is 1. The van der Waals surface area contributed by atoms with Gasteiger partial charge in [0, 0.05) is 12.5 Å². The summed E-state index contributed by atoms with van der Waals surface area (Å²) in [6.45, 7) is 2.30. The van der Waals surface area contributed by atoms with Crippen LogP contribution in [0.4, 0.5) is 0 Å². The summed E-state index contributed by atoms with van der Waals surface area (Å²) in [5.74, 6) is -0.0636. The summed E-state index contributed by atoms with van der Waals surface area (Å²) in [5, 5.41) is 8.78. The first-order chi connectivity index (χ1) is 8.46. The number of ether oxygens (including phenoxy) is 1. The van der Waals surface area contributed by atoms with E-state index in [4.69, 9.17) is 21.4 Å². The van der Waals surface area contributed by atoms with Gasteiger partial charge in [-0.15, -0.1) is 0 Å². The predicted octanol–water partition coefficient (Wildman–Crippen LogP) is 1.61. The van der Waals surface area contributed by atoms with Crippen molar-refractivity contribution in [3.8, 4) is 0 Å². The first kappa shape index (κ1) is 13.8. The maximum atomic E-state index is 12.2.